The Morgan fingerprint density at radius 1 is 1.05 bits per heavy atom. The minimum absolute atomic E-state index is 0.167. The summed E-state index contributed by atoms with van der Waals surface area (Å²) in [6, 6.07) is 5.89. The number of methoxy groups -OCH3 is 4. The summed E-state index contributed by atoms with van der Waals surface area (Å²) in [7, 11) is 5.94. The molecule has 0 spiro atoms. The number of amides is 2. The second kappa shape index (κ2) is 16.1. The molecule has 0 aliphatic heterocycles. The number of carbonyl (C=O) groups is 3. The molecule has 11 nitrogen and oxygen atoms in total. The van der Waals surface area contributed by atoms with Gasteiger partial charge in [-0.05, 0) is 72.6 Å². The van der Waals surface area contributed by atoms with Crippen molar-refractivity contribution in [2.45, 2.75) is 51.1 Å². The van der Waals surface area contributed by atoms with Crippen molar-refractivity contribution in [2.24, 2.45) is 0 Å². The molecule has 1 aliphatic carbocycles. The monoisotopic (exact) mass is 615 g/mol. The number of nitrogens with one attached hydrogen (secondary N) is 3. The van der Waals surface area contributed by atoms with Gasteiger partial charge in [0.2, 0.25) is 23.0 Å². The Balaban J connectivity index is 1.89. The average Bonchev–Trinajstić information content (AvgIpc) is 3.24. The fourth-order valence-electron chi connectivity index (χ4n) is 5.22. The fraction of sp³-hybridized carbons (Fsp3) is 0.484. The van der Waals surface area contributed by atoms with Gasteiger partial charge in [-0.3, -0.25) is 14.4 Å². The largest absolute Gasteiger partial charge is 0.493 e. The highest BCUT2D eigenvalue weighted by Crippen LogP contribution is 2.50. The molecule has 0 saturated carbocycles. The summed E-state index contributed by atoms with van der Waals surface area (Å²) in [5.74, 6) is 1.20. The van der Waals surface area contributed by atoms with Crippen molar-refractivity contribution in [3.8, 4) is 28.4 Å². The summed E-state index contributed by atoms with van der Waals surface area (Å²) in [5, 5.41) is 8.88. The van der Waals surface area contributed by atoms with Crippen LogP contribution >= 0.6 is 11.8 Å². The molecule has 0 bridgehead atoms. The van der Waals surface area contributed by atoms with Gasteiger partial charge < -0.3 is 34.9 Å². The summed E-state index contributed by atoms with van der Waals surface area (Å²) in [6.07, 6.45) is 4.17. The number of fused-ring (bicyclic) bond motifs is 3. The number of benzene rings is 1. The van der Waals surface area contributed by atoms with Crippen molar-refractivity contribution < 1.29 is 33.3 Å². The molecule has 2 aromatic rings. The van der Waals surface area contributed by atoms with Crippen molar-refractivity contribution in [2.75, 3.05) is 52.3 Å². The molecule has 3 N–H and O–H groups in total. The average molecular weight is 616 g/mol. The Labute approximate surface area is 256 Å². The quantitative estimate of drug-likeness (QED) is 0.214. The van der Waals surface area contributed by atoms with E-state index in [-0.39, 0.29) is 23.7 Å². The zero-order valence-electron chi connectivity index (χ0n) is 25.6. The van der Waals surface area contributed by atoms with Crippen molar-refractivity contribution in [1.29, 1.82) is 0 Å². The molecule has 2 amide bonds. The normalized spacial score (nSPS) is 14.2. The van der Waals surface area contributed by atoms with Crippen LogP contribution in [0, 0.1) is 0 Å². The standard InChI is InChI=1S/C31H41N3O8S/c1-18(35)33-22-11-9-19-16-26(39-2)29(40-3)30(41-4)28(19)20-10-12-23(25(36)17-21(20)22)32-14-7-8-27(37)34-24(13-15-43-6)31(38)42-5/h10,12,16-17,22,24H,7-9,11,13-15H2,1-6H3,(H,32,36)(H,33,35)(H,34,37)/t22-,24-/m0/s1. The Kier molecular flexibility index (Phi) is 12.5. The van der Waals surface area contributed by atoms with Gasteiger partial charge in [-0.15, -0.1) is 0 Å². The molecule has 0 radical (unpaired) electrons. The second-order valence-electron chi connectivity index (χ2n) is 10.1. The van der Waals surface area contributed by atoms with Gasteiger partial charge in [0, 0.05) is 25.5 Å². The van der Waals surface area contributed by atoms with Crippen molar-refractivity contribution >= 4 is 35.2 Å². The van der Waals surface area contributed by atoms with Crippen molar-refractivity contribution in [3.63, 3.8) is 0 Å². The second-order valence-corrected chi connectivity index (χ2v) is 11.0. The molecular formula is C31H41N3O8S. The number of rotatable bonds is 14. The highest BCUT2D eigenvalue weighted by Gasteiger charge is 2.29. The maximum atomic E-state index is 13.4. The topological polar surface area (TPSA) is 141 Å². The van der Waals surface area contributed by atoms with Crippen molar-refractivity contribution in [1.82, 2.24) is 10.6 Å². The molecule has 12 heteroatoms. The van der Waals surface area contributed by atoms with Gasteiger partial charge in [0.1, 0.15) is 6.04 Å². The summed E-state index contributed by atoms with van der Waals surface area (Å²) in [5.41, 5.74) is 3.19. The summed E-state index contributed by atoms with van der Waals surface area (Å²) >= 11 is 1.58. The number of thioether (sulfide) groups is 1. The van der Waals surface area contributed by atoms with E-state index in [0.29, 0.717) is 66.5 Å². The van der Waals surface area contributed by atoms with E-state index in [0.717, 1.165) is 16.7 Å². The Bertz CT molecular complexity index is 1380. The van der Waals surface area contributed by atoms with E-state index in [9.17, 15) is 19.2 Å². The molecule has 2 aromatic carbocycles. The van der Waals surface area contributed by atoms with Gasteiger partial charge in [0.15, 0.2) is 11.5 Å². The molecular weight excluding hydrogens is 574 g/mol. The van der Waals surface area contributed by atoms with Crippen LogP contribution < -0.4 is 35.6 Å². The zero-order valence-corrected chi connectivity index (χ0v) is 26.4. The van der Waals surface area contributed by atoms with E-state index in [1.54, 1.807) is 38.1 Å². The van der Waals surface area contributed by atoms with E-state index in [1.165, 1.54) is 21.1 Å². The molecule has 0 unspecified atom stereocenters. The third kappa shape index (κ3) is 8.34. The summed E-state index contributed by atoms with van der Waals surface area (Å²) < 4.78 is 21.8. The highest BCUT2D eigenvalue weighted by atomic mass is 32.2. The Morgan fingerprint density at radius 2 is 1.79 bits per heavy atom. The number of ether oxygens (including phenoxy) is 4. The van der Waals surface area contributed by atoms with Crippen LogP contribution in [-0.2, 0) is 25.5 Å². The third-order valence-electron chi connectivity index (χ3n) is 7.24. The molecule has 0 heterocycles. The summed E-state index contributed by atoms with van der Waals surface area (Å²) in [4.78, 5) is 50.0. The molecule has 0 fully saturated rings. The minimum atomic E-state index is -0.690. The van der Waals surface area contributed by atoms with Gasteiger partial charge in [-0.2, -0.15) is 11.8 Å². The third-order valence-corrected chi connectivity index (χ3v) is 7.89. The van der Waals surface area contributed by atoms with E-state index in [2.05, 4.69) is 16.0 Å². The van der Waals surface area contributed by atoms with Gasteiger partial charge in [-0.1, -0.05) is 6.07 Å². The van der Waals surface area contributed by atoms with Crippen LogP contribution in [0.3, 0.4) is 0 Å². The SMILES string of the molecule is COC(=O)[C@H](CCSC)NC(=O)CCCNc1ccc2c(cc1=O)[C@@H](NC(C)=O)CCc1cc(OC)c(OC)c(OC)c1-2. The van der Waals surface area contributed by atoms with E-state index >= 15 is 0 Å². The van der Waals surface area contributed by atoms with Crippen LogP contribution in [0.25, 0.3) is 11.1 Å². The number of aryl methyl sites for hydroxylation is 1. The number of hydrogen-bond acceptors (Lipinski definition) is 10. The van der Waals surface area contributed by atoms with Gasteiger partial charge in [0.25, 0.3) is 0 Å². The van der Waals surface area contributed by atoms with Crippen LogP contribution in [0.15, 0.2) is 29.1 Å². The van der Waals surface area contributed by atoms with E-state index < -0.39 is 18.1 Å². The first-order valence-corrected chi connectivity index (χ1v) is 15.5. The summed E-state index contributed by atoms with van der Waals surface area (Å²) in [6.45, 7) is 1.80. The van der Waals surface area contributed by atoms with Crippen LogP contribution in [0.5, 0.6) is 17.2 Å². The van der Waals surface area contributed by atoms with Crippen LogP contribution in [0.4, 0.5) is 5.69 Å². The van der Waals surface area contributed by atoms with E-state index in [4.69, 9.17) is 18.9 Å². The minimum Gasteiger partial charge on any atom is -0.493 e. The maximum Gasteiger partial charge on any atom is 0.328 e. The number of esters is 1. The maximum absolute atomic E-state index is 13.4. The van der Waals surface area contributed by atoms with E-state index in [1.807, 2.05) is 18.4 Å². The Hall–Kier alpha value is -3.93. The van der Waals surface area contributed by atoms with Crippen molar-refractivity contribution in [3.05, 3.63) is 45.6 Å². The molecule has 43 heavy (non-hydrogen) atoms. The molecule has 2 atom stereocenters. The smallest absolute Gasteiger partial charge is 0.328 e. The first-order chi connectivity index (χ1) is 20.7. The van der Waals surface area contributed by atoms with Crippen LogP contribution in [-0.4, -0.2) is 70.8 Å². The first-order valence-electron chi connectivity index (χ1n) is 14.1. The predicted octanol–water partition coefficient (Wildman–Crippen LogP) is 3.47. The predicted molar refractivity (Wildman–Crippen MR) is 167 cm³/mol. The lowest BCUT2D eigenvalue weighted by Crippen LogP contribution is -2.42. The van der Waals surface area contributed by atoms with Crippen LogP contribution in [0.2, 0.25) is 0 Å². The number of anilines is 1. The molecule has 0 saturated heterocycles. The molecule has 234 valence electrons. The fourth-order valence-corrected chi connectivity index (χ4v) is 5.69. The lowest BCUT2D eigenvalue weighted by atomic mass is 9.95. The van der Waals surface area contributed by atoms with Crippen LogP contribution in [0.1, 0.15) is 49.8 Å². The Morgan fingerprint density at radius 3 is 2.42 bits per heavy atom. The van der Waals surface area contributed by atoms with Gasteiger partial charge in [0.05, 0.1) is 40.2 Å². The highest BCUT2D eigenvalue weighted by molar-refractivity contribution is 7.98. The van der Waals surface area contributed by atoms with Gasteiger partial charge in [-0.25, -0.2) is 4.79 Å². The number of carbonyl (C=O) groups excluding carboxylic acids is 3. The lowest BCUT2D eigenvalue weighted by Gasteiger charge is -2.19. The molecule has 1 aliphatic rings. The molecule has 3 rings (SSSR count). The number of hydrogen-bond donors (Lipinski definition) is 3. The lowest BCUT2D eigenvalue weighted by molar-refractivity contribution is -0.145. The first kappa shape index (κ1) is 33.6. The van der Waals surface area contributed by atoms with Gasteiger partial charge >= 0.3 is 5.97 Å². The molecule has 0 aromatic heterocycles. The zero-order chi connectivity index (χ0) is 31.5.